The average molecular weight is 304 g/mol. The predicted octanol–water partition coefficient (Wildman–Crippen LogP) is 2.40. The van der Waals surface area contributed by atoms with Crippen LogP contribution in [0.2, 0.25) is 10.0 Å². The maximum Gasteiger partial charge on any atom is 0.335 e. The monoisotopic (exact) mass is 303 g/mol. The molecule has 5 nitrogen and oxygen atoms in total. The Morgan fingerprint density at radius 2 is 2.21 bits per heavy atom. The molecule has 0 bridgehead atoms. The van der Waals surface area contributed by atoms with Crippen LogP contribution in [0.25, 0.3) is 0 Å². The number of aliphatic hydroxyl groups is 1. The number of benzene rings is 1. The van der Waals surface area contributed by atoms with E-state index in [1.165, 1.54) is 6.21 Å². The molecule has 0 unspecified atom stereocenters. The van der Waals surface area contributed by atoms with E-state index in [0.717, 1.165) is 0 Å². The summed E-state index contributed by atoms with van der Waals surface area (Å²) in [5.41, 5.74) is 3.01. The molecule has 0 aromatic heterocycles. The average Bonchev–Trinajstić information content (AvgIpc) is 2.40. The van der Waals surface area contributed by atoms with Crippen molar-refractivity contribution in [1.29, 1.82) is 0 Å². The number of hydrogen-bond donors (Lipinski definition) is 3. The summed E-state index contributed by atoms with van der Waals surface area (Å²) in [5, 5.41) is 16.1. The van der Waals surface area contributed by atoms with E-state index in [1.54, 1.807) is 18.2 Å². The smallest absolute Gasteiger partial charge is 0.335 e. The normalized spacial score (nSPS) is 12.4. The molecule has 19 heavy (non-hydrogen) atoms. The van der Waals surface area contributed by atoms with Crippen molar-refractivity contribution in [2.75, 3.05) is 6.61 Å². The van der Waals surface area contributed by atoms with Crippen molar-refractivity contribution in [2.45, 2.75) is 19.4 Å². The Balaban J connectivity index is 2.49. The third kappa shape index (κ3) is 5.46. The van der Waals surface area contributed by atoms with Gasteiger partial charge in [0.05, 0.1) is 28.9 Å². The number of carbonyl (C=O) groups is 1. The number of nitrogens with zero attached hydrogens (tertiary/aromatic N) is 1. The molecule has 1 atom stereocenters. The van der Waals surface area contributed by atoms with Gasteiger partial charge in [-0.15, -0.1) is 0 Å². The molecule has 0 saturated heterocycles. The second kappa shape index (κ2) is 7.99. The standard InChI is InChI=1S/C12H15Cl2N3O2/c1-2-9(7-18)16-12(19)17-15-6-8-3-4-10(13)11(14)5-8/h3-6,9,18H,2,7H2,1H3,(H2,16,17,19)/b15-6-/t9-/m1/s1. The van der Waals surface area contributed by atoms with Gasteiger partial charge in [-0.2, -0.15) is 5.10 Å². The first-order chi connectivity index (χ1) is 9.06. The molecule has 0 aliphatic carbocycles. The van der Waals surface area contributed by atoms with Gasteiger partial charge in [0, 0.05) is 0 Å². The highest BCUT2D eigenvalue weighted by atomic mass is 35.5. The molecular formula is C12H15Cl2N3O2. The first kappa shape index (κ1) is 15.8. The minimum atomic E-state index is -0.475. The van der Waals surface area contributed by atoms with Crippen LogP contribution < -0.4 is 10.7 Å². The molecule has 0 spiro atoms. The second-order valence-electron chi connectivity index (χ2n) is 3.80. The SMILES string of the molecule is CC[C@H](CO)NC(=O)N/N=C\c1ccc(Cl)c(Cl)c1. The predicted molar refractivity (Wildman–Crippen MR) is 76.9 cm³/mol. The molecular weight excluding hydrogens is 289 g/mol. The Labute approximate surface area is 121 Å². The summed E-state index contributed by atoms with van der Waals surface area (Å²) in [6.07, 6.45) is 2.09. The fourth-order valence-electron chi connectivity index (χ4n) is 1.25. The summed E-state index contributed by atoms with van der Waals surface area (Å²) in [6, 6.07) is 4.25. The van der Waals surface area contributed by atoms with Crippen LogP contribution in [0, 0.1) is 0 Å². The van der Waals surface area contributed by atoms with E-state index in [1.807, 2.05) is 6.92 Å². The first-order valence-electron chi connectivity index (χ1n) is 5.72. The number of aliphatic hydroxyl groups excluding tert-OH is 1. The Morgan fingerprint density at radius 1 is 1.47 bits per heavy atom. The molecule has 0 aliphatic rings. The van der Waals surface area contributed by atoms with E-state index < -0.39 is 6.03 Å². The topological polar surface area (TPSA) is 73.7 Å². The van der Waals surface area contributed by atoms with Crippen LogP contribution in [0.3, 0.4) is 0 Å². The van der Waals surface area contributed by atoms with Gasteiger partial charge >= 0.3 is 6.03 Å². The van der Waals surface area contributed by atoms with Gasteiger partial charge in [0.25, 0.3) is 0 Å². The Morgan fingerprint density at radius 3 is 2.79 bits per heavy atom. The summed E-state index contributed by atoms with van der Waals surface area (Å²) in [6.45, 7) is 1.75. The van der Waals surface area contributed by atoms with Crippen LogP contribution in [-0.2, 0) is 0 Å². The highest BCUT2D eigenvalue weighted by molar-refractivity contribution is 6.42. The molecule has 3 N–H and O–H groups in total. The van der Waals surface area contributed by atoms with Crippen molar-refractivity contribution in [1.82, 2.24) is 10.7 Å². The van der Waals surface area contributed by atoms with Gasteiger partial charge in [-0.25, -0.2) is 10.2 Å². The van der Waals surface area contributed by atoms with Crippen molar-refractivity contribution < 1.29 is 9.90 Å². The summed E-state index contributed by atoms with van der Waals surface area (Å²) in [7, 11) is 0. The van der Waals surface area contributed by atoms with Crippen molar-refractivity contribution in [3.05, 3.63) is 33.8 Å². The number of rotatable bonds is 5. The third-order valence-corrected chi connectivity index (χ3v) is 3.11. The summed E-state index contributed by atoms with van der Waals surface area (Å²) < 4.78 is 0. The van der Waals surface area contributed by atoms with Gasteiger partial charge in [0.1, 0.15) is 0 Å². The lowest BCUT2D eigenvalue weighted by atomic mass is 10.2. The Bertz CT molecular complexity index is 462. The maximum atomic E-state index is 11.4. The zero-order valence-electron chi connectivity index (χ0n) is 10.4. The minimum absolute atomic E-state index is 0.111. The summed E-state index contributed by atoms with van der Waals surface area (Å²) in [5.74, 6) is 0. The van der Waals surface area contributed by atoms with E-state index in [9.17, 15) is 4.79 Å². The molecule has 1 aromatic rings. The minimum Gasteiger partial charge on any atom is -0.394 e. The number of nitrogens with one attached hydrogen (secondary N) is 2. The van der Waals surface area contributed by atoms with Crippen molar-refractivity contribution in [3.63, 3.8) is 0 Å². The largest absolute Gasteiger partial charge is 0.394 e. The van der Waals surface area contributed by atoms with Crippen molar-refractivity contribution in [3.8, 4) is 0 Å². The molecule has 7 heteroatoms. The molecule has 1 aromatic carbocycles. The van der Waals surface area contributed by atoms with Gasteiger partial charge in [-0.1, -0.05) is 36.2 Å². The maximum absolute atomic E-state index is 11.4. The Hall–Kier alpha value is -1.30. The van der Waals surface area contributed by atoms with E-state index in [-0.39, 0.29) is 12.6 Å². The number of halogens is 2. The molecule has 0 radical (unpaired) electrons. The van der Waals surface area contributed by atoms with Gasteiger partial charge in [0.2, 0.25) is 0 Å². The van der Waals surface area contributed by atoms with Crippen LogP contribution >= 0.6 is 23.2 Å². The zero-order valence-corrected chi connectivity index (χ0v) is 11.9. The molecule has 0 saturated carbocycles. The second-order valence-corrected chi connectivity index (χ2v) is 4.62. The lowest BCUT2D eigenvalue weighted by molar-refractivity contribution is 0.215. The third-order valence-electron chi connectivity index (χ3n) is 2.37. The number of amides is 2. The molecule has 0 aliphatic heterocycles. The van der Waals surface area contributed by atoms with E-state index in [2.05, 4.69) is 15.8 Å². The van der Waals surface area contributed by atoms with Crippen LogP contribution in [0.5, 0.6) is 0 Å². The van der Waals surface area contributed by atoms with Crippen molar-refractivity contribution >= 4 is 35.4 Å². The van der Waals surface area contributed by atoms with E-state index >= 15 is 0 Å². The molecule has 0 heterocycles. The van der Waals surface area contributed by atoms with Crippen LogP contribution in [0.4, 0.5) is 4.79 Å². The number of urea groups is 1. The number of hydrazone groups is 1. The lowest BCUT2D eigenvalue weighted by Crippen LogP contribution is -2.41. The highest BCUT2D eigenvalue weighted by Crippen LogP contribution is 2.21. The van der Waals surface area contributed by atoms with Gasteiger partial charge in [0.15, 0.2) is 0 Å². The van der Waals surface area contributed by atoms with Crippen molar-refractivity contribution in [2.24, 2.45) is 5.10 Å². The summed E-state index contributed by atoms with van der Waals surface area (Å²) in [4.78, 5) is 11.4. The first-order valence-corrected chi connectivity index (χ1v) is 6.48. The molecule has 0 fully saturated rings. The Kier molecular flexibility index (Phi) is 6.62. The van der Waals surface area contributed by atoms with E-state index in [4.69, 9.17) is 28.3 Å². The van der Waals surface area contributed by atoms with Gasteiger partial charge < -0.3 is 10.4 Å². The highest BCUT2D eigenvalue weighted by Gasteiger charge is 2.07. The fraction of sp³-hybridized carbons (Fsp3) is 0.333. The van der Waals surface area contributed by atoms with Gasteiger partial charge in [-0.05, 0) is 24.1 Å². The van der Waals surface area contributed by atoms with Crippen LogP contribution in [-0.4, -0.2) is 30.0 Å². The van der Waals surface area contributed by atoms with Crippen LogP contribution in [0.15, 0.2) is 23.3 Å². The van der Waals surface area contributed by atoms with E-state index in [0.29, 0.717) is 22.0 Å². The van der Waals surface area contributed by atoms with Gasteiger partial charge in [-0.3, -0.25) is 0 Å². The molecule has 104 valence electrons. The number of hydrogen-bond acceptors (Lipinski definition) is 3. The lowest BCUT2D eigenvalue weighted by Gasteiger charge is -2.12. The van der Waals surface area contributed by atoms with Crippen LogP contribution in [0.1, 0.15) is 18.9 Å². The quantitative estimate of drug-likeness (QED) is 0.577. The molecule has 1 rings (SSSR count). The zero-order chi connectivity index (χ0) is 14.3. The fourth-order valence-corrected chi connectivity index (χ4v) is 1.56. The number of carbonyl (C=O) groups excluding carboxylic acids is 1. The molecule has 2 amide bonds. The summed E-state index contributed by atoms with van der Waals surface area (Å²) >= 11 is 11.6.